The van der Waals surface area contributed by atoms with Gasteiger partial charge in [-0.25, -0.2) is 0 Å². The quantitative estimate of drug-likeness (QED) is 0.236. The number of ether oxygens (including phenoxy) is 1. The zero-order valence-corrected chi connectivity index (χ0v) is 20.7. The SMILES string of the molecule is NOS(=O)(=O)C1CC(=O)C(OC(=O)CCCCC(=O)N2Cc3ccccc3/C=C\c3ccccc32)C1=O. The number of fused-ring (bicyclic) bond motifs is 2. The van der Waals surface area contributed by atoms with Crippen LogP contribution in [-0.4, -0.2) is 43.2 Å². The van der Waals surface area contributed by atoms with E-state index in [2.05, 4.69) is 10.2 Å². The summed E-state index contributed by atoms with van der Waals surface area (Å²) in [4.78, 5) is 51.4. The Morgan fingerprint density at radius 2 is 1.59 bits per heavy atom. The second-order valence-corrected chi connectivity index (χ2v) is 10.5. The molecule has 10 nitrogen and oxygen atoms in total. The second kappa shape index (κ2) is 11.2. The average Bonchev–Trinajstić information content (AvgIpc) is 3.17. The highest BCUT2D eigenvalue weighted by Gasteiger charge is 2.50. The molecule has 0 bridgehead atoms. The summed E-state index contributed by atoms with van der Waals surface area (Å²) in [6, 6.07) is 15.5. The highest BCUT2D eigenvalue weighted by molar-refractivity contribution is 7.88. The molecular formula is C26H26N2O8S. The van der Waals surface area contributed by atoms with E-state index >= 15 is 0 Å². The van der Waals surface area contributed by atoms with Gasteiger partial charge in [-0.05, 0) is 35.6 Å². The first-order chi connectivity index (χ1) is 17.7. The Bertz CT molecular complexity index is 1370. The Kier molecular flexibility index (Phi) is 7.96. The molecule has 194 valence electrons. The van der Waals surface area contributed by atoms with E-state index in [-0.39, 0.29) is 25.2 Å². The van der Waals surface area contributed by atoms with E-state index in [9.17, 15) is 27.6 Å². The zero-order valence-electron chi connectivity index (χ0n) is 19.9. The molecule has 1 heterocycles. The van der Waals surface area contributed by atoms with Gasteiger partial charge in [-0.3, -0.25) is 19.2 Å². The van der Waals surface area contributed by atoms with Crippen molar-refractivity contribution in [2.24, 2.45) is 5.90 Å². The van der Waals surface area contributed by atoms with Crippen LogP contribution in [0, 0.1) is 0 Å². The summed E-state index contributed by atoms with van der Waals surface area (Å²) in [5.41, 5.74) is 3.75. The number of rotatable bonds is 8. The summed E-state index contributed by atoms with van der Waals surface area (Å²) < 4.78 is 32.1. The zero-order chi connectivity index (χ0) is 26.6. The molecule has 0 aromatic heterocycles. The lowest BCUT2D eigenvalue weighted by molar-refractivity contribution is -0.157. The number of benzene rings is 2. The van der Waals surface area contributed by atoms with E-state index in [1.54, 1.807) is 4.90 Å². The lowest BCUT2D eigenvalue weighted by Crippen LogP contribution is -2.35. The van der Waals surface area contributed by atoms with Crippen LogP contribution in [0.1, 0.15) is 48.8 Å². The standard InChI is InChI=1S/C26H26N2O8S/c27-36-37(33,34)22-15-21(29)26(25(22)32)35-24(31)12-6-5-11-23(30)28-16-19-9-2-1-7-17(19)13-14-18-8-3-4-10-20(18)28/h1-4,7-10,13-14,22,26H,5-6,11-12,15-16,27H2/b14-13-. The van der Waals surface area contributed by atoms with Crippen molar-refractivity contribution in [3.63, 3.8) is 0 Å². The number of unbranched alkanes of at least 4 members (excludes halogenated alkanes) is 1. The number of anilines is 1. The Hall–Kier alpha value is -3.67. The Labute approximate surface area is 214 Å². The number of ketones is 2. The molecule has 37 heavy (non-hydrogen) atoms. The first kappa shape index (κ1) is 26.4. The monoisotopic (exact) mass is 526 g/mol. The van der Waals surface area contributed by atoms with Gasteiger partial charge >= 0.3 is 5.97 Å². The van der Waals surface area contributed by atoms with Gasteiger partial charge in [0.15, 0.2) is 11.0 Å². The van der Waals surface area contributed by atoms with Gasteiger partial charge in [0, 0.05) is 19.3 Å². The number of esters is 1. The fourth-order valence-corrected chi connectivity index (χ4v) is 5.31. The van der Waals surface area contributed by atoms with Crippen molar-refractivity contribution < 1.29 is 36.6 Å². The third-order valence-electron chi connectivity index (χ3n) is 6.36. The van der Waals surface area contributed by atoms with Crippen LogP contribution in [0.5, 0.6) is 0 Å². The Balaban J connectivity index is 1.33. The number of carbonyl (C=O) groups is 4. The van der Waals surface area contributed by atoms with E-state index in [1.807, 2.05) is 60.7 Å². The largest absolute Gasteiger partial charge is 0.446 e. The summed E-state index contributed by atoms with van der Waals surface area (Å²) in [5.74, 6) is 1.82. The topological polar surface area (TPSA) is 150 Å². The van der Waals surface area contributed by atoms with Gasteiger partial charge in [0.1, 0.15) is 0 Å². The molecule has 2 atom stereocenters. The van der Waals surface area contributed by atoms with Crippen LogP contribution < -0.4 is 10.8 Å². The summed E-state index contributed by atoms with van der Waals surface area (Å²) >= 11 is 0. The summed E-state index contributed by atoms with van der Waals surface area (Å²) in [7, 11) is -4.46. The number of hydrogen-bond donors (Lipinski definition) is 1. The van der Waals surface area contributed by atoms with E-state index in [1.165, 1.54) is 0 Å². The van der Waals surface area contributed by atoms with E-state index < -0.39 is 45.4 Å². The molecule has 1 amide bonds. The highest BCUT2D eigenvalue weighted by Crippen LogP contribution is 2.29. The first-order valence-electron chi connectivity index (χ1n) is 11.7. The van der Waals surface area contributed by atoms with Gasteiger partial charge < -0.3 is 9.64 Å². The van der Waals surface area contributed by atoms with Crippen LogP contribution in [-0.2, 0) is 44.9 Å². The summed E-state index contributed by atoms with van der Waals surface area (Å²) in [6.07, 6.45) is 2.22. The van der Waals surface area contributed by atoms with Gasteiger partial charge in [0.25, 0.3) is 10.1 Å². The Morgan fingerprint density at radius 3 is 2.35 bits per heavy atom. The molecule has 2 aromatic rings. The van der Waals surface area contributed by atoms with Crippen molar-refractivity contribution in [1.82, 2.24) is 0 Å². The lowest BCUT2D eigenvalue weighted by atomic mass is 10.0. The number of hydrogen-bond acceptors (Lipinski definition) is 9. The minimum atomic E-state index is -4.46. The van der Waals surface area contributed by atoms with E-state index in [0.29, 0.717) is 13.0 Å². The van der Waals surface area contributed by atoms with E-state index in [4.69, 9.17) is 4.74 Å². The molecule has 2 unspecified atom stereocenters. The third-order valence-corrected chi connectivity index (χ3v) is 7.73. The Morgan fingerprint density at radius 1 is 0.946 bits per heavy atom. The van der Waals surface area contributed by atoms with Crippen LogP contribution in [0.2, 0.25) is 0 Å². The van der Waals surface area contributed by atoms with E-state index in [0.717, 1.165) is 22.4 Å². The predicted molar refractivity (Wildman–Crippen MR) is 134 cm³/mol. The fourth-order valence-electron chi connectivity index (χ4n) is 4.40. The van der Waals surface area contributed by atoms with Crippen LogP contribution in [0.3, 0.4) is 0 Å². The van der Waals surface area contributed by atoms with Crippen LogP contribution >= 0.6 is 0 Å². The molecule has 4 rings (SSSR count). The molecule has 2 N–H and O–H groups in total. The van der Waals surface area contributed by atoms with Gasteiger partial charge in [-0.1, -0.05) is 54.6 Å². The average molecular weight is 527 g/mol. The maximum Gasteiger partial charge on any atom is 0.306 e. The van der Waals surface area contributed by atoms with Crippen molar-refractivity contribution in [3.05, 3.63) is 65.2 Å². The number of nitrogens with zero attached hydrogens (tertiary/aromatic N) is 1. The molecule has 1 aliphatic heterocycles. The minimum Gasteiger partial charge on any atom is -0.446 e. The minimum absolute atomic E-state index is 0.109. The molecular weight excluding hydrogens is 500 g/mol. The number of amides is 1. The van der Waals surface area contributed by atoms with Crippen molar-refractivity contribution in [2.75, 3.05) is 4.90 Å². The van der Waals surface area contributed by atoms with Crippen molar-refractivity contribution in [2.45, 2.75) is 50.0 Å². The van der Waals surface area contributed by atoms with Crippen LogP contribution in [0.25, 0.3) is 12.2 Å². The van der Waals surface area contributed by atoms with Crippen molar-refractivity contribution in [3.8, 4) is 0 Å². The fraction of sp³-hybridized carbons (Fsp3) is 0.308. The smallest absolute Gasteiger partial charge is 0.306 e. The van der Waals surface area contributed by atoms with Gasteiger partial charge in [0.05, 0.1) is 12.2 Å². The molecule has 2 aromatic carbocycles. The normalized spacial score (nSPS) is 20.0. The molecule has 0 saturated heterocycles. The third kappa shape index (κ3) is 5.85. The molecule has 0 spiro atoms. The van der Waals surface area contributed by atoms with Gasteiger partial charge in [-0.15, -0.1) is 0 Å². The number of nitrogens with two attached hydrogens (primary N) is 1. The summed E-state index contributed by atoms with van der Waals surface area (Å²) in [6.45, 7) is 0.404. The molecule has 1 aliphatic carbocycles. The number of para-hydroxylation sites is 1. The van der Waals surface area contributed by atoms with Crippen LogP contribution in [0.4, 0.5) is 5.69 Å². The maximum absolute atomic E-state index is 13.2. The summed E-state index contributed by atoms with van der Waals surface area (Å²) in [5, 5.41) is -1.79. The van der Waals surface area contributed by atoms with Gasteiger partial charge in [0.2, 0.25) is 17.8 Å². The number of carbonyl (C=O) groups excluding carboxylic acids is 4. The van der Waals surface area contributed by atoms with Crippen molar-refractivity contribution >= 4 is 51.4 Å². The highest BCUT2D eigenvalue weighted by atomic mass is 32.2. The maximum atomic E-state index is 13.2. The molecule has 2 aliphatic rings. The van der Waals surface area contributed by atoms with Crippen molar-refractivity contribution in [1.29, 1.82) is 0 Å². The van der Waals surface area contributed by atoms with Crippen LogP contribution in [0.15, 0.2) is 48.5 Å². The first-order valence-corrected chi connectivity index (χ1v) is 13.2. The number of Topliss-reactive ketones (excluding diaryl/α,β-unsaturated/α-hetero) is 2. The molecule has 1 fully saturated rings. The second-order valence-electron chi connectivity index (χ2n) is 8.80. The van der Waals surface area contributed by atoms with Gasteiger partial charge in [-0.2, -0.15) is 18.6 Å². The molecule has 0 radical (unpaired) electrons. The molecule has 1 saturated carbocycles. The molecule has 11 heteroatoms. The predicted octanol–water partition coefficient (Wildman–Crippen LogP) is 2.31. The lowest BCUT2D eigenvalue weighted by Gasteiger charge is -2.27.